The van der Waals surface area contributed by atoms with Gasteiger partial charge in [-0.2, -0.15) is 0 Å². The lowest BCUT2D eigenvalue weighted by molar-refractivity contribution is -0.122. The highest BCUT2D eigenvalue weighted by atomic mass is 32.1. The topological polar surface area (TPSA) is 67.7 Å². The third kappa shape index (κ3) is 3.76. The molecule has 0 aliphatic carbocycles. The summed E-state index contributed by atoms with van der Waals surface area (Å²) in [6.07, 6.45) is 3.94. The van der Waals surface area contributed by atoms with Gasteiger partial charge in [0.1, 0.15) is 0 Å². The summed E-state index contributed by atoms with van der Waals surface area (Å²) in [5.41, 5.74) is 0.934. The van der Waals surface area contributed by atoms with Crippen LogP contribution in [0.5, 0.6) is 0 Å². The summed E-state index contributed by atoms with van der Waals surface area (Å²) in [6.45, 7) is 3.46. The van der Waals surface area contributed by atoms with Crippen molar-refractivity contribution in [3.05, 3.63) is 23.5 Å². The quantitative estimate of drug-likeness (QED) is 0.731. The molecular weight excluding hydrogens is 264 g/mol. The number of amides is 1. The Morgan fingerprint density at radius 1 is 1.63 bits per heavy atom. The predicted octanol–water partition coefficient (Wildman–Crippen LogP) is 0.636. The van der Waals surface area contributed by atoms with Gasteiger partial charge in [0.25, 0.3) is 0 Å². The zero-order valence-corrected chi connectivity index (χ0v) is 11.9. The summed E-state index contributed by atoms with van der Waals surface area (Å²) in [5, 5.41) is 7.93. The highest BCUT2D eigenvalue weighted by Crippen LogP contribution is 2.11. The standard InChI is InChI=1S/C12H18N4O2S/c1-9(11(17)13-3-5-18-2)14-7-10-8-16-4-6-19-12(16)15-10/h4,6,8-9,14H,3,5,7H2,1-2H3,(H,13,17). The van der Waals surface area contributed by atoms with Gasteiger partial charge in [0.2, 0.25) is 5.91 Å². The van der Waals surface area contributed by atoms with Crippen LogP contribution >= 0.6 is 11.3 Å². The first-order valence-electron chi connectivity index (χ1n) is 6.12. The molecule has 0 saturated carbocycles. The van der Waals surface area contributed by atoms with Crippen LogP contribution in [0.3, 0.4) is 0 Å². The lowest BCUT2D eigenvalue weighted by Gasteiger charge is -2.12. The van der Waals surface area contributed by atoms with Crippen LogP contribution in [0.1, 0.15) is 12.6 Å². The van der Waals surface area contributed by atoms with Crippen LogP contribution in [-0.2, 0) is 16.1 Å². The van der Waals surface area contributed by atoms with Crippen molar-refractivity contribution in [2.24, 2.45) is 0 Å². The Hall–Kier alpha value is -1.44. The molecule has 2 rings (SSSR count). The predicted molar refractivity (Wildman–Crippen MR) is 74.3 cm³/mol. The summed E-state index contributed by atoms with van der Waals surface area (Å²) in [5.74, 6) is -0.0296. The number of ether oxygens (including phenoxy) is 1. The van der Waals surface area contributed by atoms with Crippen LogP contribution in [0.15, 0.2) is 17.8 Å². The second kappa shape index (κ2) is 6.65. The SMILES string of the molecule is COCCNC(=O)C(C)NCc1cn2ccsc2n1. The molecule has 0 bridgehead atoms. The Bertz CT molecular complexity index is 508. The molecule has 2 heterocycles. The summed E-state index contributed by atoms with van der Waals surface area (Å²) in [4.78, 5) is 17.1. The minimum atomic E-state index is -0.253. The molecule has 1 atom stereocenters. The van der Waals surface area contributed by atoms with Gasteiger partial charge >= 0.3 is 0 Å². The van der Waals surface area contributed by atoms with Crippen molar-refractivity contribution in [2.75, 3.05) is 20.3 Å². The van der Waals surface area contributed by atoms with E-state index in [1.807, 2.05) is 29.1 Å². The van der Waals surface area contributed by atoms with Crippen molar-refractivity contribution in [3.8, 4) is 0 Å². The molecule has 0 aliphatic rings. The van der Waals surface area contributed by atoms with E-state index in [1.165, 1.54) is 0 Å². The molecule has 19 heavy (non-hydrogen) atoms. The number of fused-ring (bicyclic) bond motifs is 1. The van der Waals surface area contributed by atoms with Gasteiger partial charge in [0, 0.05) is 38.0 Å². The van der Waals surface area contributed by atoms with Gasteiger partial charge in [0.15, 0.2) is 4.96 Å². The second-order valence-electron chi connectivity index (χ2n) is 4.21. The Labute approximate surface area is 115 Å². The minimum absolute atomic E-state index is 0.0296. The summed E-state index contributed by atoms with van der Waals surface area (Å²) >= 11 is 1.59. The Morgan fingerprint density at radius 3 is 3.21 bits per heavy atom. The third-order valence-electron chi connectivity index (χ3n) is 2.73. The van der Waals surface area contributed by atoms with Crippen molar-refractivity contribution < 1.29 is 9.53 Å². The second-order valence-corrected chi connectivity index (χ2v) is 5.08. The van der Waals surface area contributed by atoms with E-state index in [4.69, 9.17) is 4.74 Å². The van der Waals surface area contributed by atoms with Gasteiger partial charge in [-0.05, 0) is 6.92 Å². The van der Waals surface area contributed by atoms with E-state index in [0.717, 1.165) is 10.7 Å². The third-order valence-corrected chi connectivity index (χ3v) is 3.50. The first-order chi connectivity index (χ1) is 9.20. The number of nitrogens with one attached hydrogen (secondary N) is 2. The molecule has 2 aromatic rings. The van der Waals surface area contributed by atoms with Crippen molar-refractivity contribution in [1.29, 1.82) is 0 Å². The van der Waals surface area contributed by atoms with Crippen LogP contribution in [0, 0.1) is 0 Å². The molecule has 0 fully saturated rings. The summed E-state index contributed by atoms with van der Waals surface area (Å²) < 4.78 is 6.86. The number of nitrogens with zero attached hydrogens (tertiary/aromatic N) is 2. The van der Waals surface area contributed by atoms with Crippen molar-refractivity contribution >= 4 is 22.2 Å². The summed E-state index contributed by atoms with van der Waals surface area (Å²) in [6, 6.07) is -0.253. The maximum atomic E-state index is 11.7. The molecule has 1 unspecified atom stereocenters. The molecule has 0 saturated heterocycles. The highest BCUT2D eigenvalue weighted by molar-refractivity contribution is 7.15. The molecule has 7 heteroatoms. The smallest absolute Gasteiger partial charge is 0.236 e. The van der Waals surface area contributed by atoms with Crippen LogP contribution < -0.4 is 10.6 Å². The molecule has 0 aliphatic heterocycles. The lowest BCUT2D eigenvalue weighted by atomic mass is 10.3. The van der Waals surface area contributed by atoms with Gasteiger partial charge < -0.3 is 15.4 Å². The Kier molecular flexibility index (Phi) is 4.89. The number of methoxy groups -OCH3 is 1. The fraction of sp³-hybridized carbons (Fsp3) is 0.500. The number of rotatable bonds is 7. The summed E-state index contributed by atoms with van der Waals surface area (Å²) in [7, 11) is 1.61. The zero-order chi connectivity index (χ0) is 13.7. The van der Waals surface area contributed by atoms with E-state index in [0.29, 0.717) is 19.7 Å². The molecule has 6 nitrogen and oxygen atoms in total. The number of carbonyl (C=O) groups is 1. The molecular formula is C12H18N4O2S. The van der Waals surface area contributed by atoms with E-state index in [2.05, 4.69) is 15.6 Å². The van der Waals surface area contributed by atoms with E-state index in [-0.39, 0.29) is 11.9 Å². The number of thiazole rings is 1. The zero-order valence-electron chi connectivity index (χ0n) is 11.0. The van der Waals surface area contributed by atoms with E-state index < -0.39 is 0 Å². The number of hydrogen-bond donors (Lipinski definition) is 2. The fourth-order valence-corrected chi connectivity index (χ4v) is 2.36. The van der Waals surface area contributed by atoms with Crippen molar-refractivity contribution in [3.63, 3.8) is 0 Å². The minimum Gasteiger partial charge on any atom is -0.383 e. The van der Waals surface area contributed by atoms with Gasteiger partial charge in [-0.1, -0.05) is 0 Å². The van der Waals surface area contributed by atoms with E-state index in [1.54, 1.807) is 18.4 Å². The average molecular weight is 282 g/mol. The van der Waals surface area contributed by atoms with E-state index >= 15 is 0 Å². The first-order valence-corrected chi connectivity index (χ1v) is 7.00. The van der Waals surface area contributed by atoms with Gasteiger partial charge in [-0.25, -0.2) is 4.98 Å². The van der Waals surface area contributed by atoms with Crippen LogP contribution in [0.25, 0.3) is 4.96 Å². The maximum Gasteiger partial charge on any atom is 0.236 e. The number of carbonyl (C=O) groups excluding carboxylic acids is 1. The lowest BCUT2D eigenvalue weighted by Crippen LogP contribution is -2.42. The van der Waals surface area contributed by atoms with Crippen LogP contribution in [0.4, 0.5) is 0 Å². The molecule has 0 spiro atoms. The average Bonchev–Trinajstić information content (AvgIpc) is 2.96. The molecule has 2 aromatic heterocycles. The largest absolute Gasteiger partial charge is 0.383 e. The molecule has 0 radical (unpaired) electrons. The van der Waals surface area contributed by atoms with Gasteiger partial charge in [-0.15, -0.1) is 11.3 Å². The van der Waals surface area contributed by atoms with Crippen LogP contribution in [0.2, 0.25) is 0 Å². The molecule has 1 amide bonds. The van der Waals surface area contributed by atoms with Crippen molar-refractivity contribution in [1.82, 2.24) is 20.0 Å². The highest BCUT2D eigenvalue weighted by Gasteiger charge is 2.12. The Balaban J connectivity index is 1.78. The van der Waals surface area contributed by atoms with Crippen molar-refractivity contribution in [2.45, 2.75) is 19.5 Å². The first kappa shape index (κ1) is 14.0. The van der Waals surface area contributed by atoms with E-state index in [9.17, 15) is 4.79 Å². The number of hydrogen-bond acceptors (Lipinski definition) is 5. The number of aromatic nitrogens is 2. The molecule has 104 valence electrons. The normalized spacial score (nSPS) is 12.7. The fourth-order valence-electron chi connectivity index (χ4n) is 1.64. The molecule has 0 aromatic carbocycles. The number of imidazole rings is 1. The maximum absolute atomic E-state index is 11.7. The monoisotopic (exact) mass is 282 g/mol. The van der Waals surface area contributed by atoms with Crippen LogP contribution in [-0.4, -0.2) is 41.6 Å². The Morgan fingerprint density at radius 2 is 2.47 bits per heavy atom. The molecule has 2 N–H and O–H groups in total. The van der Waals surface area contributed by atoms with Gasteiger partial charge in [-0.3, -0.25) is 9.20 Å². The van der Waals surface area contributed by atoms with Gasteiger partial charge in [0.05, 0.1) is 18.3 Å².